The number of ketones is 1. The monoisotopic (exact) mass is 376 g/mol. The van der Waals surface area contributed by atoms with Crippen LogP contribution >= 0.6 is 0 Å². The second-order valence-electron chi connectivity index (χ2n) is 8.57. The molecule has 144 valence electrons. The molecular weight excluding hydrogens is 352 g/mol. The Morgan fingerprint density at radius 1 is 1.29 bits per heavy atom. The third-order valence-electron chi connectivity index (χ3n) is 6.72. The van der Waals surface area contributed by atoms with Crippen LogP contribution in [0.25, 0.3) is 0 Å². The fourth-order valence-corrected chi connectivity index (χ4v) is 5.36. The summed E-state index contributed by atoms with van der Waals surface area (Å²) in [4.78, 5) is 31.8. The topological polar surface area (TPSA) is 59.5 Å². The number of pyridine rings is 1. The smallest absolute Gasteiger partial charge is 0.226 e. The third-order valence-corrected chi connectivity index (χ3v) is 6.72. The van der Waals surface area contributed by atoms with E-state index in [1.54, 1.807) is 17.3 Å². The Morgan fingerprint density at radius 2 is 2.07 bits per heavy atom. The van der Waals surface area contributed by atoms with Gasteiger partial charge >= 0.3 is 0 Å². The first kappa shape index (κ1) is 17.4. The Labute approximate surface area is 164 Å². The van der Waals surface area contributed by atoms with Gasteiger partial charge < -0.3 is 9.64 Å². The summed E-state index contributed by atoms with van der Waals surface area (Å²) in [5.41, 5.74) is 2.32. The lowest BCUT2D eigenvalue weighted by Gasteiger charge is -2.37. The Morgan fingerprint density at radius 3 is 2.86 bits per heavy atom. The summed E-state index contributed by atoms with van der Waals surface area (Å²) in [6.07, 6.45) is 5.70. The van der Waals surface area contributed by atoms with Crippen molar-refractivity contribution in [3.05, 3.63) is 59.4 Å². The van der Waals surface area contributed by atoms with Crippen molar-refractivity contribution in [2.75, 3.05) is 7.05 Å². The van der Waals surface area contributed by atoms with Crippen molar-refractivity contribution in [3.8, 4) is 5.75 Å². The maximum Gasteiger partial charge on any atom is 0.226 e. The summed E-state index contributed by atoms with van der Waals surface area (Å²) in [5, 5.41) is 0. The van der Waals surface area contributed by atoms with E-state index >= 15 is 0 Å². The summed E-state index contributed by atoms with van der Waals surface area (Å²) in [6.45, 7) is 2.56. The molecule has 2 aliphatic carbocycles. The van der Waals surface area contributed by atoms with Gasteiger partial charge in [0.15, 0.2) is 5.78 Å². The van der Waals surface area contributed by atoms with Crippen molar-refractivity contribution in [1.29, 1.82) is 0 Å². The minimum absolute atomic E-state index is 0.0274. The van der Waals surface area contributed by atoms with E-state index in [1.165, 1.54) is 0 Å². The Bertz CT molecular complexity index is 958. The molecule has 5 nitrogen and oxygen atoms in total. The van der Waals surface area contributed by atoms with Gasteiger partial charge in [0.1, 0.15) is 11.4 Å². The fraction of sp³-hybridized carbons (Fsp3) is 0.435. The van der Waals surface area contributed by atoms with Crippen LogP contribution in [0.1, 0.15) is 40.7 Å². The molecule has 5 heteroatoms. The molecule has 4 atom stereocenters. The molecule has 1 aromatic heterocycles. The van der Waals surface area contributed by atoms with Gasteiger partial charge in [0, 0.05) is 37.8 Å². The van der Waals surface area contributed by atoms with Crippen molar-refractivity contribution in [2.45, 2.75) is 38.3 Å². The molecule has 28 heavy (non-hydrogen) atoms. The van der Waals surface area contributed by atoms with E-state index in [0.717, 1.165) is 24.0 Å². The number of benzene rings is 1. The van der Waals surface area contributed by atoms with Crippen LogP contribution in [0.15, 0.2) is 42.7 Å². The Balaban J connectivity index is 1.34. The largest absolute Gasteiger partial charge is 0.486 e. The number of fused-ring (bicyclic) bond motifs is 3. The lowest BCUT2D eigenvalue weighted by molar-refractivity contribution is -0.133. The van der Waals surface area contributed by atoms with E-state index < -0.39 is 5.60 Å². The number of aryl methyl sites for hydroxylation is 1. The predicted octanol–water partition coefficient (Wildman–Crippen LogP) is 3.41. The van der Waals surface area contributed by atoms with Gasteiger partial charge in [-0.3, -0.25) is 14.6 Å². The molecule has 0 saturated heterocycles. The number of hydrogen-bond acceptors (Lipinski definition) is 4. The van der Waals surface area contributed by atoms with Gasteiger partial charge in [-0.1, -0.05) is 11.6 Å². The molecule has 1 spiro atoms. The predicted molar refractivity (Wildman–Crippen MR) is 104 cm³/mol. The van der Waals surface area contributed by atoms with Crippen LogP contribution < -0.4 is 4.74 Å². The van der Waals surface area contributed by atoms with Crippen LogP contribution in [0.5, 0.6) is 5.75 Å². The summed E-state index contributed by atoms with van der Waals surface area (Å²) in [7, 11) is 1.86. The minimum Gasteiger partial charge on any atom is -0.486 e. The maximum absolute atomic E-state index is 13.1. The van der Waals surface area contributed by atoms with Crippen LogP contribution in [0.4, 0.5) is 0 Å². The molecule has 2 saturated carbocycles. The molecule has 1 amide bonds. The zero-order valence-electron chi connectivity index (χ0n) is 16.2. The standard InChI is InChI=1S/C23H24N2O3/c1-14-3-4-19-17(11-14)18(26)12-23(28-19)8-5-16-20(21(16)23)22(27)25(2)13-15-6-9-24-10-7-15/h3-4,6-7,9-11,16,20-21H,5,8,12-13H2,1-2H3/t16-,20-,21-,23+/m1/s1. The SMILES string of the molecule is Cc1ccc2c(c1)C(=O)C[C@]1(CC[C@@H]3[C@@H](C(=O)N(C)Cc4ccncc4)[C@@H]31)O2. The van der Waals surface area contributed by atoms with Crippen LogP contribution in [0, 0.1) is 24.7 Å². The molecule has 3 aliphatic rings. The van der Waals surface area contributed by atoms with Gasteiger partial charge in [0.25, 0.3) is 0 Å². The van der Waals surface area contributed by atoms with Crippen LogP contribution in [0.2, 0.25) is 0 Å². The van der Waals surface area contributed by atoms with Gasteiger partial charge in [-0.05, 0) is 55.5 Å². The first-order valence-corrected chi connectivity index (χ1v) is 9.95. The van der Waals surface area contributed by atoms with Gasteiger partial charge in [0.05, 0.1) is 12.0 Å². The number of aromatic nitrogens is 1. The highest BCUT2D eigenvalue weighted by atomic mass is 16.5. The molecule has 2 fully saturated rings. The number of carbonyl (C=O) groups excluding carboxylic acids is 2. The zero-order valence-corrected chi connectivity index (χ0v) is 16.2. The summed E-state index contributed by atoms with van der Waals surface area (Å²) < 4.78 is 6.44. The van der Waals surface area contributed by atoms with Crippen molar-refractivity contribution < 1.29 is 14.3 Å². The second kappa shape index (κ2) is 6.16. The molecule has 2 aromatic rings. The summed E-state index contributed by atoms with van der Waals surface area (Å²) in [6, 6.07) is 9.66. The minimum atomic E-state index is -0.498. The molecular formula is C23H24N2O3. The highest BCUT2D eigenvalue weighted by molar-refractivity contribution is 6.01. The number of rotatable bonds is 3. The van der Waals surface area contributed by atoms with E-state index in [2.05, 4.69) is 4.98 Å². The fourth-order valence-electron chi connectivity index (χ4n) is 5.36. The normalized spacial score (nSPS) is 29.8. The quantitative estimate of drug-likeness (QED) is 0.824. The summed E-state index contributed by atoms with van der Waals surface area (Å²) >= 11 is 0. The maximum atomic E-state index is 13.1. The average Bonchev–Trinajstić information content (AvgIpc) is 3.33. The lowest BCUT2D eigenvalue weighted by atomic mass is 9.84. The van der Waals surface area contributed by atoms with E-state index in [0.29, 0.717) is 30.2 Å². The average molecular weight is 376 g/mol. The molecule has 0 unspecified atom stereocenters. The third kappa shape index (κ3) is 2.64. The van der Waals surface area contributed by atoms with Gasteiger partial charge in [-0.2, -0.15) is 0 Å². The number of nitrogens with zero attached hydrogens (tertiary/aromatic N) is 2. The first-order valence-electron chi connectivity index (χ1n) is 9.95. The van der Waals surface area contributed by atoms with Gasteiger partial charge in [0.2, 0.25) is 5.91 Å². The molecule has 1 aliphatic heterocycles. The molecule has 0 N–H and O–H groups in total. The van der Waals surface area contributed by atoms with E-state index in [-0.39, 0.29) is 23.5 Å². The van der Waals surface area contributed by atoms with Crippen molar-refractivity contribution in [2.24, 2.45) is 17.8 Å². The number of ether oxygens (including phenoxy) is 1. The second-order valence-corrected chi connectivity index (χ2v) is 8.57. The van der Waals surface area contributed by atoms with E-state index in [1.807, 2.05) is 44.3 Å². The van der Waals surface area contributed by atoms with Crippen LogP contribution in [-0.2, 0) is 11.3 Å². The lowest BCUT2D eigenvalue weighted by Crippen LogP contribution is -2.44. The number of amides is 1. The number of hydrogen-bond donors (Lipinski definition) is 0. The highest BCUT2D eigenvalue weighted by Crippen LogP contribution is 2.66. The van der Waals surface area contributed by atoms with Crippen molar-refractivity contribution >= 4 is 11.7 Å². The van der Waals surface area contributed by atoms with Crippen molar-refractivity contribution in [3.63, 3.8) is 0 Å². The molecule has 1 aromatic carbocycles. The highest BCUT2D eigenvalue weighted by Gasteiger charge is 2.70. The van der Waals surface area contributed by atoms with Crippen molar-refractivity contribution in [1.82, 2.24) is 9.88 Å². The summed E-state index contributed by atoms with van der Waals surface area (Å²) in [5.74, 6) is 1.46. The van der Waals surface area contributed by atoms with Gasteiger partial charge in [-0.25, -0.2) is 0 Å². The Hall–Kier alpha value is -2.69. The van der Waals surface area contributed by atoms with E-state index in [9.17, 15) is 9.59 Å². The molecule has 0 radical (unpaired) electrons. The molecule has 5 rings (SSSR count). The number of Topliss-reactive ketones (excluding diaryl/α,β-unsaturated/α-hetero) is 1. The Kier molecular flexibility index (Phi) is 3.83. The molecule has 0 bridgehead atoms. The molecule has 2 heterocycles. The van der Waals surface area contributed by atoms with Crippen LogP contribution in [-0.4, -0.2) is 34.2 Å². The van der Waals surface area contributed by atoms with E-state index in [4.69, 9.17) is 4.74 Å². The van der Waals surface area contributed by atoms with Gasteiger partial charge in [-0.15, -0.1) is 0 Å². The zero-order chi connectivity index (χ0) is 19.5. The van der Waals surface area contributed by atoms with Crippen LogP contribution in [0.3, 0.4) is 0 Å². The number of carbonyl (C=O) groups is 2. The first-order chi connectivity index (χ1) is 13.5.